The molecule has 0 unspecified atom stereocenters. The lowest BCUT2D eigenvalue weighted by molar-refractivity contribution is 0.630. The summed E-state index contributed by atoms with van der Waals surface area (Å²) in [6.45, 7) is 2.16. The lowest BCUT2D eigenvalue weighted by Crippen LogP contribution is -2.02. The van der Waals surface area contributed by atoms with Crippen LogP contribution in [0.1, 0.15) is 18.1 Å². The molecule has 0 atom stereocenters. The van der Waals surface area contributed by atoms with Crippen molar-refractivity contribution >= 4 is 11.8 Å². The number of nitrogens with zero attached hydrogens (tertiary/aromatic N) is 6. The Kier molecular flexibility index (Phi) is 5.02. The van der Waals surface area contributed by atoms with Gasteiger partial charge in [0.1, 0.15) is 5.03 Å². The SMILES string of the molecule is CCc1ccccc1-n1ncc(-c2nnn(C)n2)c1SCc1ccccc1. The number of hydrogen-bond acceptors (Lipinski definition) is 5. The summed E-state index contributed by atoms with van der Waals surface area (Å²) in [5.41, 5.74) is 4.50. The minimum atomic E-state index is 0.591. The van der Waals surface area contributed by atoms with E-state index < -0.39 is 0 Å². The van der Waals surface area contributed by atoms with E-state index in [4.69, 9.17) is 0 Å². The van der Waals surface area contributed by atoms with Crippen LogP contribution in [0, 0.1) is 0 Å². The van der Waals surface area contributed by atoms with Gasteiger partial charge in [0.05, 0.1) is 24.5 Å². The predicted octanol–water partition coefficient (Wildman–Crippen LogP) is 3.92. The number of benzene rings is 2. The average molecular weight is 376 g/mol. The van der Waals surface area contributed by atoms with Crippen LogP contribution in [0.15, 0.2) is 65.8 Å². The number of aromatic nitrogens is 6. The number of thioether (sulfide) groups is 1. The summed E-state index contributed by atoms with van der Waals surface area (Å²) in [5.74, 6) is 1.43. The molecule has 7 heteroatoms. The molecule has 0 saturated heterocycles. The van der Waals surface area contributed by atoms with Crippen molar-refractivity contribution in [3.63, 3.8) is 0 Å². The van der Waals surface area contributed by atoms with Crippen molar-refractivity contribution in [1.82, 2.24) is 30.0 Å². The van der Waals surface area contributed by atoms with Gasteiger partial charge in [-0.15, -0.1) is 22.0 Å². The zero-order valence-corrected chi connectivity index (χ0v) is 16.1. The molecule has 2 aromatic carbocycles. The van der Waals surface area contributed by atoms with Crippen LogP contribution in [0.5, 0.6) is 0 Å². The first-order valence-corrected chi connectivity index (χ1v) is 9.82. The molecule has 0 aliphatic rings. The zero-order chi connectivity index (χ0) is 18.6. The minimum Gasteiger partial charge on any atom is -0.226 e. The molecular formula is C20H20N6S. The Morgan fingerprint density at radius 2 is 1.78 bits per heavy atom. The third kappa shape index (κ3) is 3.64. The summed E-state index contributed by atoms with van der Waals surface area (Å²) >= 11 is 1.73. The minimum absolute atomic E-state index is 0.591. The van der Waals surface area contributed by atoms with Gasteiger partial charge in [-0.1, -0.05) is 55.5 Å². The number of tetrazole rings is 1. The van der Waals surface area contributed by atoms with Crippen molar-refractivity contribution in [1.29, 1.82) is 0 Å². The van der Waals surface area contributed by atoms with Crippen LogP contribution >= 0.6 is 11.8 Å². The molecule has 136 valence electrons. The van der Waals surface area contributed by atoms with Gasteiger partial charge >= 0.3 is 0 Å². The van der Waals surface area contributed by atoms with Crippen molar-refractivity contribution in [3.8, 4) is 17.1 Å². The normalized spacial score (nSPS) is 11.0. The van der Waals surface area contributed by atoms with E-state index in [2.05, 4.69) is 69.9 Å². The van der Waals surface area contributed by atoms with E-state index in [0.717, 1.165) is 28.5 Å². The highest BCUT2D eigenvalue weighted by Gasteiger charge is 2.19. The van der Waals surface area contributed by atoms with Gasteiger partial charge in [-0.05, 0) is 28.8 Å². The molecule has 0 spiro atoms. The average Bonchev–Trinajstić information content (AvgIpc) is 3.33. The van der Waals surface area contributed by atoms with Gasteiger partial charge in [0.15, 0.2) is 0 Å². The fourth-order valence-corrected chi connectivity index (χ4v) is 4.00. The van der Waals surface area contributed by atoms with Crippen molar-refractivity contribution in [2.75, 3.05) is 0 Å². The summed E-state index contributed by atoms with van der Waals surface area (Å²) in [6.07, 6.45) is 2.77. The molecule has 27 heavy (non-hydrogen) atoms. The van der Waals surface area contributed by atoms with Gasteiger partial charge < -0.3 is 0 Å². The van der Waals surface area contributed by atoms with Gasteiger partial charge in [0.25, 0.3) is 0 Å². The lowest BCUT2D eigenvalue weighted by atomic mass is 10.1. The van der Waals surface area contributed by atoms with Crippen molar-refractivity contribution in [2.45, 2.75) is 24.1 Å². The molecule has 2 heterocycles. The van der Waals surface area contributed by atoms with Crippen molar-refractivity contribution in [3.05, 3.63) is 71.9 Å². The first kappa shape index (κ1) is 17.5. The van der Waals surface area contributed by atoms with E-state index in [1.807, 2.05) is 23.0 Å². The molecule has 6 nitrogen and oxygen atoms in total. The Balaban J connectivity index is 1.78. The quantitative estimate of drug-likeness (QED) is 0.477. The first-order chi connectivity index (χ1) is 13.3. The summed E-state index contributed by atoms with van der Waals surface area (Å²) in [7, 11) is 1.77. The summed E-state index contributed by atoms with van der Waals surface area (Å²) in [5, 5.41) is 18.2. The third-order valence-electron chi connectivity index (χ3n) is 4.29. The monoisotopic (exact) mass is 376 g/mol. The van der Waals surface area contributed by atoms with Gasteiger partial charge in [0.2, 0.25) is 5.82 Å². The van der Waals surface area contributed by atoms with E-state index in [1.54, 1.807) is 18.8 Å². The Morgan fingerprint density at radius 1 is 1.00 bits per heavy atom. The van der Waals surface area contributed by atoms with E-state index >= 15 is 0 Å². The molecule has 0 saturated carbocycles. The predicted molar refractivity (Wildman–Crippen MR) is 107 cm³/mol. The largest absolute Gasteiger partial charge is 0.226 e. The molecule has 0 bridgehead atoms. The van der Waals surface area contributed by atoms with Crippen LogP contribution in [0.3, 0.4) is 0 Å². The van der Waals surface area contributed by atoms with Crippen LogP contribution in [-0.4, -0.2) is 30.0 Å². The van der Waals surface area contributed by atoms with Crippen LogP contribution in [0.2, 0.25) is 0 Å². The van der Waals surface area contributed by atoms with E-state index in [9.17, 15) is 0 Å². The standard InChI is InChI=1S/C20H20N6S/c1-3-16-11-7-8-12-18(16)26-20(27-14-15-9-5-4-6-10-15)17(13-21-26)19-22-24-25(2)23-19/h4-13H,3,14H2,1-2H3. The fraction of sp³-hybridized carbons (Fsp3) is 0.200. The third-order valence-corrected chi connectivity index (χ3v) is 5.44. The number of rotatable bonds is 6. The second kappa shape index (κ2) is 7.75. The van der Waals surface area contributed by atoms with Gasteiger partial charge in [-0.3, -0.25) is 0 Å². The molecule has 2 aromatic heterocycles. The molecule has 0 aliphatic carbocycles. The van der Waals surface area contributed by atoms with Crippen molar-refractivity contribution < 1.29 is 0 Å². The highest BCUT2D eigenvalue weighted by Crippen LogP contribution is 2.34. The Hall–Kier alpha value is -2.93. The molecule has 0 radical (unpaired) electrons. The zero-order valence-electron chi connectivity index (χ0n) is 15.3. The Morgan fingerprint density at radius 3 is 2.52 bits per heavy atom. The highest BCUT2D eigenvalue weighted by atomic mass is 32.2. The van der Waals surface area contributed by atoms with Crippen molar-refractivity contribution in [2.24, 2.45) is 7.05 Å². The maximum absolute atomic E-state index is 4.67. The number of para-hydroxylation sites is 1. The molecule has 0 fully saturated rings. The summed E-state index contributed by atoms with van der Waals surface area (Å²) < 4.78 is 2.00. The fourth-order valence-electron chi connectivity index (χ4n) is 2.94. The topological polar surface area (TPSA) is 61.4 Å². The number of aryl methyl sites for hydroxylation is 2. The van der Waals surface area contributed by atoms with Gasteiger partial charge in [-0.2, -0.15) is 9.90 Å². The second-order valence-electron chi connectivity index (χ2n) is 6.13. The van der Waals surface area contributed by atoms with Crippen LogP contribution in [0.4, 0.5) is 0 Å². The van der Waals surface area contributed by atoms with E-state index in [0.29, 0.717) is 5.82 Å². The molecular weight excluding hydrogens is 356 g/mol. The second-order valence-corrected chi connectivity index (χ2v) is 7.10. The molecule has 0 aliphatic heterocycles. The van der Waals surface area contributed by atoms with Crippen LogP contribution < -0.4 is 0 Å². The first-order valence-electron chi connectivity index (χ1n) is 8.83. The highest BCUT2D eigenvalue weighted by molar-refractivity contribution is 7.98. The Labute approximate surface area is 162 Å². The van der Waals surface area contributed by atoms with Gasteiger partial charge in [-0.25, -0.2) is 4.68 Å². The summed E-state index contributed by atoms with van der Waals surface area (Å²) in [4.78, 5) is 1.47. The lowest BCUT2D eigenvalue weighted by Gasteiger charge is -2.12. The molecule has 0 amide bonds. The molecule has 0 N–H and O–H groups in total. The number of hydrogen-bond donors (Lipinski definition) is 0. The van der Waals surface area contributed by atoms with E-state index in [-0.39, 0.29) is 0 Å². The maximum Gasteiger partial charge on any atom is 0.209 e. The summed E-state index contributed by atoms with van der Waals surface area (Å²) in [6, 6.07) is 18.8. The van der Waals surface area contributed by atoms with Gasteiger partial charge in [0, 0.05) is 5.75 Å². The molecule has 4 aromatic rings. The smallest absolute Gasteiger partial charge is 0.209 e. The van der Waals surface area contributed by atoms with Crippen LogP contribution in [0.25, 0.3) is 17.1 Å². The molecule has 4 rings (SSSR count). The Bertz CT molecular complexity index is 1040. The van der Waals surface area contributed by atoms with E-state index in [1.165, 1.54) is 15.9 Å². The van der Waals surface area contributed by atoms with Crippen LogP contribution in [-0.2, 0) is 19.2 Å². The maximum atomic E-state index is 4.67.